The van der Waals surface area contributed by atoms with Crippen molar-refractivity contribution in [2.45, 2.75) is 32.4 Å². The van der Waals surface area contributed by atoms with Crippen molar-refractivity contribution in [1.29, 1.82) is 0 Å². The van der Waals surface area contributed by atoms with Gasteiger partial charge in [-0.2, -0.15) is 0 Å². The van der Waals surface area contributed by atoms with Crippen LogP contribution in [0.25, 0.3) is 0 Å². The molecule has 0 aliphatic carbocycles. The number of aryl methyl sites for hydroxylation is 1. The fourth-order valence-corrected chi connectivity index (χ4v) is 2.52. The first-order chi connectivity index (χ1) is 10.0. The van der Waals surface area contributed by atoms with Crippen molar-refractivity contribution in [2.75, 3.05) is 0 Å². The van der Waals surface area contributed by atoms with Gasteiger partial charge in [-0.05, 0) is 53.0 Å². The number of ether oxygens (including phenoxy) is 1. The summed E-state index contributed by atoms with van der Waals surface area (Å²) in [7, 11) is 0. The molecular weight excluding hydrogens is 333 g/mol. The Hall–Kier alpha value is -1.39. The molecule has 2 N–H and O–H groups in total. The van der Waals surface area contributed by atoms with Gasteiger partial charge in [-0.15, -0.1) is 0 Å². The molecule has 2 aromatic rings. The Bertz CT molecular complexity index is 617. The van der Waals surface area contributed by atoms with Crippen molar-refractivity contribution in [1.82, 2.24) is 0 Å². The van der Waals surface area contributed by atoms with E-state index >= 15 is 0 Å². The topological polar surface area (TPSA) is 35.2 Å². The van der Waals surface area contributed by atoms with Gasteiger partial charge in [0.05, 0.1) is 4.47 Å². The second-order valence-corrected chi connectivity index (χ2v) is 5.95. The Morgan fingerprint density at radius 2 is 2.00 bits per heavy atom. The summed E-state index contributed by atoms with van der Waals surface area (Å²) in [4.78, 5) is 0. The Morgan fingerprint density at radius 1 is 1.24 bits per heavy atom. The minimum absolute atomic E-state index is 0.129. The highest BCUT2D eigenvalue weighted by Crippen LogP contribution is 2.29. The molecule has 2 atom stereocenters. The molecular formula is C17H19BrFNO. The van der Waals surface area contributed by atoms with Gasteiger partial charge in [0.1, 0.15) is 17.7 Å². The zero-order chi connectivity index (χ0) is 15.4. The van der Waals surface area contributed by atoms with Crippen LogP contribution in [0, 0.1) is 12.7 Å². The molecule has 0 aliphatic heterocycles. The average molecular weight is 352 g/mol. The van der Waals surface area contributed by atoms with Crippen LogP contribution in [0.1, 0.15) is 30.6 Å². The van der Waals surface area contributed by atoms with Crippen LogP contribution in [0.5, 0.6) is 5.75 Å². The highest BCUT2D eigenvalue weighted by atomic mass is 79.9. The van der Waals surface area contributed by atoms with Crippen molar-refractivity contribution in [3.8, 4) is 5.75 Å². The van der Waals surface area contributed by atoms with Crippen molar-refractivity contribution in [3.63, 3.8) is 0 Å². The number of hydrogen-bond acceptors (Lipinski definition) is 2. The highest BCUT2D eigenvalue weighted by molar-refractivity contribution is 9.10. The summed E-state index contributed by atoms with van der Waals surface area (Å²) in [6.45, 7) is 4.06. The van der Waals surface area contributed by atoms with E-state index in [0.717, 1.165) is 17.5 Å². The molecule has 112 valence electrons. The summed E-state index contributed by atoms with van der Waals surface area (Å²) in [5, 5.41) is 0. The molecule has 0 aromatic heterocycles. The molecule has 2 rings (SSSR count). The zero-order valence-corrected chi connectivity index (χ0v) is 13.7. The lowest BCUT2D eigenvalue weighted by Gasteiger charge is -2.25. The predicted molar refractivity (Wildman–Crippen MR) is 86.9 cm³/mol. The van der Waals surface area contributed by atoms with Crippen molar-refractivity contribution < 1.29 is 9.13 Å². The van der Waals surface area contributed by atoms with E-state index in [1.54, 1.807) is 12.1 Å². The summed E-state index contributed by atoms with van der Waals surface area (Å²) in [6, 6.07) is 12.6. The number of nitrogens with two attached hydrogens (primary N) is 1. The van der Waals surface area contributed by atoms with Crippen LogP contribution in [-0.4, -0.2) is 6.04 Å². The van der Waals surface area contributed by atoms with E-state index in [0.29, 0.717) is 10.2 Å². The fourth-order valence-electron chi connectivity index (χ4n) is 2.16. The van der Waals surface area contributed by atoms with Crippen molar-refractivity contribution in [3.05, 3.63) is 63.9 Å². The van der Waals surface area contributed by atoms with E-state index in [9.17, 15) is 4.39 Å². The molecule has 0 bridgehead atoms. The molecule has 2 nitrogen and oxygen atoms in total. The van der Waals surface area contributed by atoms with Gasteiger partial charge in [0.15, 0.2) is 0 Å². The summed E-state index contributed by atoms with van der Waals surface area (Å²) >= 11 is 3.17. The molecule has 0 saturated carbocycles. The second-order valence-electron chi connectivity index (χ2n) is 5.10. The molecule has 21 heavy (non-hydrogen) atoms. The molecule has 2 unspecified atom stereocenters. The first kappa shape index (κ1) is 16.0. The number of halogens is 2. The third-order valence-corrected chi connectivity index (χ3v) is 3.99. The zero-order valence-electron chi connectivity index (χ0n) is 12.1. The number of benzene rings is 2. The SMILES string of the molecule is CCC(N)C(Oc1ccc(F)c(Br)c1)c1cccc(C)c1. The van der Waals surface area contributed by atoms with Gasteiger partial charge in [-0.1, -0.05) is 36.8 Å². The molecule has 0 spiro atoms. The normalized spacial score (nSPS) is 13.8. The molecule has 4 heteroatoms. The minimum Gasteiger partial charge on any atom is -0.484 e. The Morgan fingerprint density at radius 3 is 2.62 bits per heavy atom. The standard InChI is InChI=1S/C17H19BrFNO/c1-3-16(20)17(12-6-4-5-11(2)9-12)21-13-7-8-15(19)14(18)10-13/h4-10,16-17H,3,20H2,1-2H3. The van der Waals surface area contributed by atoms with Crippen LogP contribution < -0.4 is 10.5 Å². The summed E-state index contributed by atoms with van der Waals surface area (Å²) in [5.74, 6) is 0.285. The van der Waals surface area contributed by atoms with Crippen LogP contribution in [0.4, 0.5) is 4.39 Å². The molecule has 2 aromatic carbocycles. The molecule has 0 aliphatic rings. The van der Waals surface area contributed by atoms with E-state index in [1.807, 2.05) is 32.0 Å². The average Bonchev–Trinajstić information content (AvgIpc) is 2.47. The maximum absolute atomic E-state index is 13.3. The van der Waals surface area contributed by atoms with Crippen LogP contribution >= 0.6 is 15.9 Å². The second kappa shape index (κ2) is 7.05. The van der Waals surface area contributed by atoms with Gasteiger partial charge >= 0.3 is 0 Å². The quantitative estimate of drug-likeness (QED) is 0.843. The monoisotopic (exact) mass is 351 g/mol. The van der Waals surface area contributed by atoms with Crippen LogP contribution in [0.3, 0.4) is 0 Å². The van der Waals surface area contributed by atoms with Crippen LogP contribution in [-0.2, 0) is 0 Å². The molecule has 0 radical (unpaired) electrons. The lowest BCUT2D eigenvalue weighted by molar-refractivity contribution is 0.170. The van der Waals surface area contributed by atoms with Gasteiger partial charge in [-0.25, -0.2) is 4.39 Å². The van der Waals surface area contributed by atoms with Gasteiger partial charge in [0, 0.05) is 6.04 Å². The van der Waals surface area contributed by atoms with E-state index in [2.05, 4.69) is 22.0 Å². The lowest BCUT2D eigenvalue weighted by atomic mass is 9.99. The summed E-state index contributed by atoms with van der Waals surface area (Å²) < 4.78 is 19.7. The maximum atomic E-state index is 13.3. The summed E-state index contributed by atoms with van der Waals surface area (Å²) in [5.41, 5.74) is 8.39. The highest BCUT2D eigenvalue weighted by Gasteiger charge is 2.21. The van der Waals surface area contributed by atoms with Crippen molar-refractivity contribution >= 4 is 15.9 Å². The van der Waals surface area contributed by atoms with E-state index in [4.69, 9.17) is 10.5 Å². The van der Waals surface area contributed by atoms with Gasteiger partial charge < -0.3 is 10.5 Å². The van der Waals surface area contributed by atoms with Crippen molar-refractivity contribution in [2.24, 2.45) is 5.73 Å². The third-order valence-electron chi connectivity index (χ3n) is 3.39. The predicted octanol–water partition coefficient (Wildman–Crippen LogP) is 4.75. The Balaban J connectivity index is 2.30. The van der Waals surface area contributed by atoms with E-state index in [-0.39, 0.29) is 18.0 Å². The summed E-state index contributed by atoms with van der Waals surface area (Å²) in [6.07, 6.45) is 0.535. The Labute approximate surface area is 133 Å². The smallest absolute Gasteiger partial charge is 0.139 e. The maximum Gasteiger partial charge on any atom is 0.139 e. The first-order valence-corrected chi connectivity index (χ1v) is 7.74. The fraction of sp³-hybridized carbons (Fsp3) is 0.294. The molecule has 0 amide bonds. The number of hydrogen-bond donors (Lipinski definition) is 1. The Kier molecular flexibility index (Phi) is 5.37. The van der Waals surface area contributed by atoms with Gasteiger partial charge in [0.25, 0.3) is 0 Å². The van der Waals surface area contributed by atoms with E-state index < -0.39 is 0 Å². The first-order valence-electron chi connectivity index (χ1n) is 6.95. The molecule has 0 saturated heterocycles. The molecule has 0 fully saturated rings. The van der Waals surface area contributed by atoms with Crippen LogP contribution in [0.15, 0.2) is 46.9 Å². The molecule has 0 heterocycles. The third kappa shape index (κ3) is 4.05. The lowest BCUT2D eigenvalue weighted by Crippen LogP contribution is -2.31. The number of rotatable bonds is 5. The van der Waals surface area contributed by atoms with Gasteiger partial charge in [-0.3, -0.25) is 0 Å². The van der Waals surface area contributed by atoms with Gasteiger partial charge in [0.2, 0.25) is 0 Å². The van der Waals surface area contributed by atoms with E-state index in [1.165, 1.54) is 6.07 Å². The minimum atomic E-state index is -0.311. The largest absolute Gasteiger partial charge is 0.484 e. The van der Waals surface area contributed by atoms with Crippen LogP contribution in [0.2, 0.25) is 0 Å².